The van der Waals surface area contributed by atoms with E-state index in [-0.39, 0.29) is 35.0 Å². The van der Waals surface area contributed by atoms with E-state index in [1.165, 1.54) is 32.6 Å². The van der Waals surface area contributed by atoms with E-state index in [9.17, 15) is 9.59 Å². The summed E-state index contributed by atoms with van der Waals surface area (Å²) >= 11 is 0. The van der Waals surface area contributed by atoms with Gasteiger partial charge in [-0.1, -0.05) is 32.9 Å². The lowest BCUT2D eigenvalue weighted by atomic mass is 9.43. The van der Waals surface area contributed by atoms with Crippen molar-refractivity contribution in [2.24, 2.45) is 46.3 Å². The summed E-state index contributed by atoms with van der Waals surface area (Å²) in [5.41, 5.74) is 2.39. The third-order valence-corrected chi connectivity index (χ3v) is 12.4. The van der Waals surface area contributed by atoms with Gasteiger partial charge in [0.15, 0.2) is 0 Å². The highest BCUT2D eigenvalue weighted by Gasteiger charge is 2.65. The number of rotatable bonds is 6. The van der Waals surface area contributed by atoms with Crippen molar-refractivity contribution in [3.05, 3.63) is 30.1 Å². The van der Waals surface area contributed by atoms with Crippen LogP contribution in [0.4, 0.5) is 0 Å². The first-order chi connectivity index (χ1) is 19.1. The van der Waals surface area contributed by atoms with Crippen LogP contribution in [0.3, 0.4) is 0 Å². The van der Waals surface area contributed by atoms with Gasteiger partial charge in [0.2, 0.25) is 0 Å². The van der Waals surface area contributed by atoms with E-state index in [4.69, 9.17) is 14.5 Å². The number of aryl methyl sites for hydroxylation is 1. The third-order valence-electron chi connectivity index (χ3n) is 12.4. The average molecular weight is 549 g/mol. The Kier molecular flexibility index (Phi) is 7.28. The summed E-state index contributed by atoms with van der Waals surface area (Å²) in [5.74, 6) is 4.28. The van der Waals surface area contributed by atoms with Gasteiger partial charge in [0.05, 0.1) is 11.0 Å². The van der Waals surface area contributed by atoms with Crippen LogP contribution in [0.25, 0.3) is 11.0 Å². The molecule has 4 saturated carbocycles. The number of fused-ring (bicyclic) bond motifs is 6. The number of ether oxygens (including phenoxy) is 2. The number of nitrogens with one attached hydrogen (secondary N) is 1. The molecule has 4 fully saturated rings. The normalized spacial score (nSPS) is 39.6. The van der Waals surface area contributed by atoms with Crippen LogP contribution in [-0.4, -0.2) is 34.1 Å². The summed E-state index contributed by atoms with van der Waals surface area (Å²) in [4.78, 5) is 32.5. The lowest BCUT2D eigenvalue weighted by molar-refractivity contribution is -0.197. The molecule has 10 unspecified atom stereocenters. The monoisotopic (exact) mass is 548 g/mol. The van der Waals surface area contributed by atoms with Crippen LogP contribution >= 0.6 is 0 Å². The van der Waals surface area contributed by atoms with Crippen molar-refractivity contribution < 1.29 is 19.1 Å². The Bertz CT molecular complexity index is 1220. The van der Waals surface area contributed by atoms with Gasteiger partial charge in [0.25, 0.3) is 0 Å². The van der Waals surface area contributed by atoms with Crippen LogP contribution in [0.15, 0.2) is 24.3 Å². The van der Waals surface area contributed by atoms with Gasteiger partial charge < -0.3 is 14.5 Å². The molecule has 218 valence electrons. The number of carbonyl (C=O) groups excluding carboxylic acids is 2. The van der Waals surface area contributed by atoms with Crippen molar-refractivity contribution in [1.82, 2.24) is 9.97 Å². The third kappa shape index (κ3) is 4.67. The SMILES string of the molecule is CC(=O)OC1CCC2(C)C(CCC3C2CC(OC(C)=O)C2(C)C(C(C)CCc4nc5ccccc5[nH]4)CCC32)C1. The summed E-state index contributed by atoms with van der Waals surface area (Å²) in [6.45, 7) is 10.5. The summed E-state index contributed by atoms with van der Waals surface area (Å²) < 4.78 is 12.0. The molecule has 0 spiro atoms. The van der Waals surface area contributed by atoms with E-state index in [0.29, 0.717) is 35.5 Å². The number of esters is 2. The van der Waals surface area contributed by atoms with Crippen LogP contribution in [-0.2, 0) is 25.5 Å². The summed E-state index contributed by atoms with van der Waals surface area (Å²) in [6.07, 6.45) is 11.0. The number of carbonyl (C=O) groups is 2. The maximum absolute atomic E-state index is 12.5. The molecule has 6 heteroatoms. The zero-order valence-corrected chi connectivity index (χ0v) is 25.1. The molecule has 0 saturated heterocycles. The van der Waals surface area contributed by atoms with Gasteiger partial charge in [-0.3, -0.25) is 9.59 Å². The standard InChI is InChI=1S/C34H48N2O4/c1-20(10-15-32-35-29-8-6-7-9-30(29)36-32)26-13-14-27-25-12-11-23-18-24(39-21(2)37)16-17-33(23,4)28(25)19-31(34(26,27)5)40-22(3)38/h6-9,20,23-28,31H,10-19H2,1-5H3,(H,35,36). The molecule has 1 heterocycles. The first-order valence-electron chi connectivity index (χ1n) is 15.9. The molecule has 6 nitrogen and oxygen atoms in total. The quantitative estimate of drug-likeness (QED) is 0.384. The van der Waals surface area contributed by atoms with E-state index < -0.39 is 0 Å². The van der Waals surface area contributed by atoms with E-state index in [1.807, 2.05) is 6.07 Å². The van der Waals surface area contributed by atoms with Crippen molar-refractivity contribution in [2.75, 3.05) is 0 Å². The van der Waals surface area contributed by atoms with Crippen molar-refractivity contribution in [3.8, 4) is 0 Å². The molecule has 1 aromatic heterocycles. The zero-order chi connectivity index (χ0) is 28.2. The second kappa shape index (κ2) is 10.5. The maximum atomic E-state index is 12.5. The molecule has 40 heavy (non-hydrogen) atoms. The van der Waals surface area contributed by atoms with Crippen LogP contribution in [0.1, 0.15) is 98.2 Å². The smallest absolute Gasteiger partial charge is 0.302 e. The number of hydrogen-bond acceptors (Lipinski definition) is 5. The number of imidazole rings is 1. The fraction of sp³-hybridized carbons (Fsp3) is 0.735. The van der Waals surface area contributed by atoms with Gasteiger partial charge in [0.1, 0.15) is 18.0 Å². The zero-order valence-electron chi connectivity index (χ0n) is 25.1. The minimum Gasteiger partial charge on any atom is -0.463 e. The minimum absolute atomic E-state index is 0.0122. The molecule has 0 bridgehead atoms. The molecule has 0 radical (unpaired) electrons. The highest BCUT2D eigenvalue weighted by molar-refractivity contribution is 5.74. The molecule has 4 aliphatic carbocycles. The Balaban J connectivity index is 1.22. The fourth-order valence-corrected chi connectivity index (χ4v) is 10.5. The van der Waals surface area contributed by atoms with Gasteiger partial charge in [-0.05, 0) is 111 Å². The van der Waals surface area contributed by atoms with Crippen molar-refractivity contribution >= 4 is 23.0 Å². The summed E-state index contributed by atoms with van der Waals surface area (Å²) in [5, 5.41) is 0. The topological polar surface area (TPSA) is 81.3 Å². The van der Waals surface area contributed by atoms with Gasteiger partial charge in [-0.25, -0.2) is 4.98 Å². The predicted molar refractivity (Wildman–Crippen MR) is 155 cm³/mol. The van der Waals surface area contributed by atoms with E-state index in [1.54, 1.807) is 6.92 Å². The van der Waals surface area contributed by atoms with E-state index >= 15 is 0 Å². The van der Waals surface area contributed by atoms with Crippen LogP contribution in [0.2, 0.25) is 0 Å². The van der Waals surface area contributed by atoms with E-state index in [2.05, 4.69) is 44.0 Å². The van der Waals surface area contributed by atoms with Gasteiger partial charge in [0, 0.05) is 25.7 Å². The molecular weight excluding hydrogens is 500 g/mol. The first-order valence-corrected chi connectivity index (χ1v) is 15.9. The minimum atomic E-state index is -0.155. The Labute approximate surface area is 239 Å². The number of hydrogen-bond donors (Lipinski definition) is 1. The van der Waals surface area contributed by atoms with Gasteiger partial charge in [-0.15, -0.1) is 0 Å². The number of H-pyrrole nitrogens is 1. The van der Waals surface area contributed by atoms with Crippen LogP contribution in [0, 0.1) is 46.3 Å². The van der Waals surface area contributed by atoms with Crippen molar-refractivity contribution in [1.29, 1.82) is 0 Å². The number of para-hydroxylation sites is 2. The molecule has 0 aliphatic heterocycles. The molecule has 2 aromatic rings. The lowest BCUT2D eigenvalue weighted by Gasteiger charge is -2.62. The highest BCUT2D eigenvalue weighted by atomic mass is 16.5. The van der Waals surface area contributed by atoms with Crippen molar-refractivity contribution in [2.45, 2.75) is 111 Å². The van der Waals surface area contributed by atoms with Gasteiger partial charge >= 0.3 is 11.9 Å². The average Bonchev–Trinajstić information content (AvgIpc) is 3.49. The second-order valence-corrected chi connectivity index (χ2v) is 14.3. The summed E-state index contributed by atoms with van der Waals surface area (Å²) in [6, 6.07) is 8.26. The molecule has 0 amide bonds. The van der Waals surface area contributed by atoms with Crippen LogP contribution in [0.5, 0.6) is 0 Å². The first kappa shape index (κ1) is 27.8. The highest BCUT2D eigenvalue weighted by Crippen LogP contribution is 2.69. The number of aromatic amines is 1. The van der Waals surface area contributed by atoms with Gasteiger partial charge in [-0.2, -0.15) is 0 Å². The van der Waals surface area contributed by atoms with E-state index in [0.717, 1.165) is 55.4 Å². The molecule has 1 N–H and O–H groups in total. The Morgan fingerprint density at radius 2 is 1.77 bits per heavy atom. The Morgan fingerprint density at radius 1 is 1.00 bits per heavy atom. The number of benzene rings is 1. The molecule has 4 aliphatic rings. The Hall–Kier alpha value is -2.37. The molecule has 6 rings (SSSR count). The fourth-order valence-electron chi connectivity index (χ4n) is 10.5. The largest absolute Gasteiger partial charge is 0.463 e. The second-order valence-electron chi connectivity index (χ2n) is 14.3. The Morgan fingerprint density at radius 3 is 2.52 bits per heavy atom. The maximum Gasteiger partial charge on any atom is 0.302 e. The molecule has 10 atom stereocenters. The molecule has 1 aromatic carbocycles. The number of nitrogens with zero attached hydrogens (tertiary/aromatic N) is 1. The summed E-state index contributed by atoms with van der Waals surface area (Å²) in [7, 11) is 0. The molecular formula is C34H48N2O4. The van der Waals surface area contributed by atoms with Crippen molar-refractivity contribution in [3.63, 3.8) is 0 Å². The lowest BCUT2D eigenvalue weighted by Crippen LogP contribution is -2.59. The van der Waals surface area contributed by atoms with Crippen LogP contribution < -0.4 is 0 Å². The predicted octanol–water partition coefficient (Wildman–Crippen LogP) is 7.26. The number of aromatic nitrogens is 2.